The number of methoxy groups -OCH3 is 1. The van der Waals surface area contributed by atoms with Crippen molar-refractivity contribution in [2.75, 3.05) is 12.4 Å². The maximum Gasteiger partial charge on any atom is 0.257 e. The SMILES string of the molecule is COc1ccc(NC(=O)c2cc(CNC(=O)C(C)(C)C)ccc2Cl)cc1C(=O)Cc1ccc(Br)cc1. The van der Waals surface area contributed by atoms with Gasteiger partial charge in [0.25, 0.3) is 5.91 Å². The summed E-state index contributed by atoms with van der Waals surface area (Å²) in [5, 5.41) is 5.95. The van der Waals surface area contributed by atoms with Crippen molar-refractivity contribution in [3.05, 3.63) is 92.4 Å². The average Bonchev–Trinajstić information content (AvgIpc) is 2.84. The number of Topliss-reactive ketones (excluding diaryl/α,β-unsaturated/α-hetero) is 1. The zero-order chi connectivity index (χ0) is 26.5. The van der Waals surface area contributed by atoms with E-state index in [0.29, 0.717) is 17.0 Å². The van der Waals surface area contributed by atoms with E-state index in [-0.39, 0.29) is 35.2 Å². The van der Waals surface area contributed by atoms with E-state index in [1.807, 2.05) is 45.0 Å². The lowest BCUT2D eigenvalue weighted by molar-refractivity contribution is -0.128. The van der Waals surface area contributed by atoms with E-state index in [1.54, 1.807) is 36.4 Å². The van der Waals surface area contributed by atoms with Crippen LogP contribution in [0.3, 0.4) is 0 Å². The van der Waals surface area contributed by atoms with E-state index in [1.165, 1.54) is 7.11 Å². The minimum absolute atomic E-state index is 0.0954. The second kappa shape index (κ2) is 11.7. The van der Waals surface area contributed by atoms with E-state index in [0.717, 1.165) is 15.6 Å². The summed E-state index contributed by atoms with van der Waals surface area (Å²) in [7, 11) is 1.49. The Balaban J connectivity index is 1.77. The summed E-state index contributed by atoms with van der Waals surface area (Å²) >= 11 is 9.69. The lowest BCUT2D eigenvalue weighted by atomic mass is 9.95. The molecule has 6 nitrogen and oxygen atoms in total. The fraction of sp³-hybridized carbons (Fsp3) is 0.250. The van der Waals surface area contributed by atoms with Gasteiger partial charge in [-0.2, -0.15) is 0 Å². The first-order valence-electron chi connectivity index (χ1n) is 11.3. The van der Waals surface area contributed by atoms with E-state index in [9.17, 15) is 14.4 Å². The summed E-state index contributed by atoms with van der Waals surface area (Å²) in [6.45, 7) is 5.76. The number of nitrogens with one attached hydrogen (secondary N) is 2. The highest BCUT2D eigenvalue weighted by atomic mass is 79.9. The molecule has 0 aromatic heterocycles. The monoisotopic (exact) mass is 570 g/mol. The van der Waals surface area contributed by atoms with Crippen LogP contribution < -0.4 is 15.4 Å². The summed E-state index contributed by atoms with van der Waals surface area (Å²) in [6.07, 6.45) is 0.190. The van der Waals surface area contributed by atoms with Gasteiger partial charge in [0.15, 0.2) is 5.78 Å². The molecule has 0 bridgehead atoms. The number of benzene rings is 3. The van der Waals surface area contributed by atoms with E-state index >= 15 is 0 Å². The molecule has 0 atom stereocenters. The van der Waals surface area contributed by atoms with Gasteiger partial charge in [0.05, 0.1) is 23.3 Å². The van der Waals surface area contributed by atoms with Gasteiger partial charge >= 0.3 is 0 Å². The molecule has 0 saturated heterocycles. The third-order valence-corrected chi connectivity index (χ3v) is 6.30. The smallest absolute Gasteiger partial charge is 0.257 e. The molecule has 0 aliphatic heterocycles. The first kappa shape index (κ1) is 27.4. The molecule has 0 fully saturated rings. The zero-order valence-corrected chi connectivity index (χ0v) is 22.9. The van der Waals surface area contributed by atoms with Gasteiger partial charge in [-0.3, -0.25) is 14.4 Å². The van der Waals surface area contributed by atoms with Crippen LogP contribution in [-0.4, -0.2) is 24.7 Å². The predicted octanol–water partition coefficient (Wildman–Crippen LogP) is 6.45. The molecular formula is C28H28BrClN2O4. The van der Waals surface area contributed by atoms with Crippen LogP contribution >= 0.6 is 27.5 Å². The van der Waals surface area contributed by atoms with Crippen LogP contribution in [0.2, 0.25) is 5.02 Å². The zero-order valence-electron chi connectivity index (χ0n) is 20.6. The number of ether oxygens (including phenoxy) is 1. The van der Waals surface area contributed by atoms with Gasteiger partial charge in [0.2, 0.25) is 5.91 Å². The molecule has 0 unspecified atom stereocenters. The van der Waals surface area contributed by atoms with Crippen molar-refractivity contribution >= 4 is 50.8 Å². The fourth-order valence-corrected chi connectivity index (χ4v) is 3.86. The number of ketones is 1. The Labute approximate surface area is 224 Å². The van der Waals surface area contributed by atoms with Gasteiger partial charge in [-0.25, -0.2) is 0 Å². The highest BCUT2D eigenvalue weighted by Crippen LogP contribution is 2.26. The van der Waals surface area contributed by atoms with Gasteiger partial charge in [-0.1, -0.05) is 66.5 Å². The molecule has 3 aromatic rings. The Kier molecular flexibility index (Phi) is 8.93. The molecule has 36 heavy (non-hydrogen) atoms. The normalized spacial score (nSPS) is 11.1. The molecule has 188 valence electrons. The molecule has 0 radical (unpaired) electrons. The van der Waals surface area contributed by atoms with Crippen LogP contribution in [0.1, 0.15) is 52.6 Å². The number of anilines is 1. The number of rotatable bonds is 8. The molecule has 0 spiro atoms. The summed E-state index contributed by atoms with van der Waals surface area (Å²) in [4.78, 5) is 38.2. The van der Waals surface area contributed by atoms with E-state index in [4.69, 9.17) is 16.3 Å². The van der Waals surface area contributed by atoms with Crippen LogP contribution in [0, 0.1) is 5.41 Å². The Hall–Kier alpha value is -3.16. The van der Waals surface area contributed by atoms with Crippen LogP contribution in [-0.2, 0) is 17.8 Å². The van der Waals surface area contributed by atoms with Crippen molar-refractivity contribution in [1.82, 2.24) is 5.32 Å². The number of hydrogen-bond donors (Lipinski definition) is 2. The molecular weight excluding hydrogens is 544 g/mol. The summed E-state index contributed by atoms with van der Waals surface area (Å²) in [5.74, 6) is -0.243. The Morgan fingerprint density at radius 3 is 2.22 bits per heavy atom. The Morgan fingerprint density at radius 2 is 1.58 bits per heavy atom. The number of carbonyl (C=O) groups excluding carboxylic acids is 3. The van der Waals surface area contributed by atoms with Gasteiger partial charge < -0.3 is 15.4 Å². The number of halogens is 2. The molecule has 3 rings (SSSR count). The molecule has 2 N–H and O–H groups in total. The van der Waals surface area contributed by atoms with Crippen molar-refractivity contribution in [2.24, 2.45) is 5.41 Å². The molecule has 0 aliphatic rings. The quantitative estimate of drug-likeness (QED) is 0.304. The first-order valence-corrected chi connectivity index (χ1v) is 12.5. The highest BCUT2D eigenvalue weighted by Gasteiger charge is 2.21. The second-order valence-corrected chi connectivity index (χ2v) is 10.7. The van der Waals surface area contributed by atoms with Crippen molar-refractivity contribution in [2.45, 2.75) is 33.7 Å². The second-order valence-electron chi connectivity index (χ2n) is 9.34. The minimum Gasteiger partial charge on any atom is -0.496 e. The van der Waals surface area contributed by atoms with Gasteiger partial charge in [0.1, 0.15) is 5.75 Å². The Bertz CT molecular complexity index is 1280. The van der Waals surface area contributed by atoms with Crippen molar-refractivity contribution < 1.29 is 19.1 Å². The lowest BCUT2D eigenvalue weighted by Gasteiger charge is -2.18. The average molecular weight is 572 g/mol. The predicted molar refractivity (Wildman–Crippen MR) is 146 cm³/mol. The summed E-state index contributed by atoms with van der Waals surface area (Å²) in [5.41, 5.74) is 2.14. The fourth-order valence-electron chi connectivity index (χ4n) is 3.39. The van der Waals surface area contributed by atoms with Crippen molar-refractivity contribution in [3.8, 4) is 5.75 Å². The minimum atomic E-state index is -0.520. The molecule has 0 aliphatic carbocycles. The van der Waals surface area contributed by atoms with E-state index in [2.05, 4.69) is 26.6 Å². The number of carbonyl (C=O) groups is 3. The van der Waals surface area contributed by atoms with Crippen LogP contribution in [0.5, 0.6) is 5.75 Å². The van der Waals surface area contributed by atoms with E-state index < -0.39 is 11.3 Å². The summed E-state index contributed by atoms with van der Waals surface area (Å²) < 4.78 is 6.31. The maximum atomic E-state index is 13.0. The maximum absolute atomic E-state index is 13.0. The van der Waals surface area contributed by atoms with Gasteiger partial charge in [-0.05, 0) is 53.6 Å². The summed E-state index contributed by atoms with van der Waals surface area (Å²) in [6, 6.07) is 17.4. The van der Waals surface area contributed by atoms with Crippen LogP contribution in [0.25, 0.3) is 0 Å². The van der Waals surface area contributed by atoms with Gasteiger partial charge in [0, 0.05) is 28.5 Å². The van der Waals surface area contributed by atoms with Crippen molar-refractivity contribution in [3.63, 3.8) is 0 Å². The molecule has 2 amide bonds. The first-order chi connectivity index (χ1) is 17.0. The third kappa shape index (κ3) is 7.18. The van der Waals surface area contributed by atoms with Crippen LogP contribution in [0.15, 0.2) is 65.1 Å². The molecule has 3 aromatic carbocycles. The lowest BCUT2D eigenvalue weighted by Crippen LogP contribution is -2.34. The molecule has 0 saturated carbocycles. The van der Waals surface area contributed by atoms with Gasteiger partial charge in [-0.15, -0.1) is 0 Å². The van der Waals surface area contributed by atoms with Crippen molar-refractivity contribution in [1.29, 1.82) is 0 Å². The number of amides is 2. The standard InChI is InChI=1S/C28H28BrClN2O4/c1-28(2,3)27(35)31-16-18-7-11-23(30)21(13-18)26(34)32-20-10-12-25(36-4)22(15-20)24(33)14-17-5-8-19(29)9-6-17/h5-13,15H,14,16H2,1-4H3,(H,31,35)(H,32,34). The molecule has 0 heterocycles. The highest BCUT2D eigenvalue weighted by molar-refractivity contribution is 9.10. The van der Waals surface area contributed by atoms with Crippen LogP contribution in [0.4, 0.5) is 5.69 Å². The molecule has 8 heteroatoms. The Morgan fingerprint density at radius 1 is 0.917 bits per heavy atom. The topological polar surface area (TPSA) is 84.5 Å². The largest absolute Gasteiger partial charge is 0.496 e. The number of hydrogen-bond acceptors (Lipinski definition) is 4. The third-order valence-electron chi connectivity index (χ3n) is 5.45.